The first-order valence-electron chi connectivity index (χ1n) is 5.48. The van der Waals surface area contributed by atoms with E-state index >= 15 is 0 Å². The number of benzene rings is 1. The fourth-order valence-corrected chi connectivity index (χ4v) is 3.72. The van der Waals surface area contributed by atoms with E-state index in [0.717, 1.165) is 21.1 Å². The number of phenols is 1. The minimum atomic E-state index is -0.379. The number of hydrogen-bond acceptors (Lipinski definition) is 4. The second-order valence-corrected chi connectivity index (χ2v) is 6.67. The third-order valence-corrected chi connectivity index (χ3v) is 4.50. The Morgan fingerprint density at radius 1 is 1.35 bits per heavy atom. The summed E-state index contributed by atoms with van der Waals surface area (Å²) in [6.45, 7) is 3.69. The molecule has 2 amide bonds. The maximum Gasteiger partial charge on any atom is 0.293 e. The Hall–Kier alpha value is -1.05. The smallest absolute Gasteiger partial charge is 0.293 e. The molecule has 4 nitrogen and oxygen atoms in total. The third-order valence-electron chi connectivity index (χ3n) is 2.53. The van der Waals surface area contributed by atoms with Gasteiger partial charge in [-0.15, -0.1) is 6.58 Å². The van der Waals surface area contributed by atoms with E-state index in [1.54, 1.807) is 12.1 Å². The summed E-state index contributed by atoms with van der Waals surface area (Å²) in [4.78, 5) is 25.1. The van der Waals surface area contributed by atoms with Crippen molar-refractivity contribution < 1.29 is 14.7 Å². The number of thioether (sulfide) groups is 1. The van der Waals surface area contributed by atoms with Gasteiger partial charge in [0, 0.05) is 16.6 Å². The average Bonchev–Trinajstić information content (AvgIpc) is 2.63. The largest absolute Gasteiger partial charge is 0.506 e. The van der Waals surface area contributed by atoms with Gasteiger partial charge in [-0.05, 0) is 45.9 Å². The molecule has 0 atom stereocenters. The third kappa shape index (κ3) is 2.99. The molecule has 0 aromatic heterocycles. The van der Waals surface area contributed by atoms with Crippen LogP contribution < -0.4 is 0 Å². The lowest BCUT2D eigenvalue weighted by Gasteiger charge is -2.08. The van der Waals surface area contributed by atoms with Crippen molar-refractivity contribution in [1.29, 1.82) is 0 Å². The highest BCUT2D eigenvalue weighted by molar-refractivity contribution is 9.11. The standard InChI is InChI=1S/C13H9Br2NO3S/c1-2-3-16-12(18)10(20-13(16)19)5-7-4-8(14)6-9(15)11(7)17/h2,4-6,17H,1,3H2/b10-5+. The summed E-state index contributed by atoms with van der Waals surface area (Å²) in [5, 5.41) is 9.62. The van der Waals surface area contributed by atoms with Gasteiger partial charge in [0.1, 0.15) is 5.75 Å². The molecule has 0 saturated carbocycles. The summed E-state index contributed by atoms with van der Waals surface area (Å²) >= 11 is 7.37. The van der Waals surface area contributed by atoms with Crippen LogP contribution in [0.15, 0.2) is 38.6 Å². The van der Waals surface area contributed by atoms with Crippen LogP contribution in [-0.4, -0.2) is 27.7 Å². The number of nitrogens with zero attached hydrogens (tertiary/aromatic N) is 1. The molecule has 1 N–H and O–H groups in total. The Balaban J connectivity index is 2.40. The zero-order valence-electron chi connectivity index (χ0n) is 10.1. The predicted octanol–water partition coefficient (Wildman–Crippen LogP) is 4.14. The van der Waals surface area contributed by atoms with Gasteiger partial charge in [-0.1, -0.05) is 22.0 Å². The second kappa shape index (κ2) is 6.15. The van der Waals surface area contributed by atoms with Crippen molar-refractivity contribution in [3.8, 4) is 5.75 Å². The number of carbonyl (C=O) groups is 2. The van der Waals surface area contributed by atoms with Gasteiger partial charge in [0.05, 0.1) is 9.38 Å². The average molecular weight is 419 g/mol. The van der Waals surface area contributed by atoms with E-state index in [1.807, 2.05) is 0 Å². The fourth-order valence-electron chi connectivity index (χ4n) is 1.62. The molecule has 7 heteroatoms. The van der Waals surface area contributed by atoms with E-state index in [1.165, 1.54) is 12.2 Å². The lowest BCUT2D eigenvalue weighted by Crippen LogP contribution is -2.27. The van der Waals surface area contributed by atoms with Crippen molar-refractivity contribution in [2.24, 2.45) is 0 Å². The zero-order valence-corrected chi connectivity index (χ0v) is 14.1. The van der Waals surface area contributed by atoms with E-state index < -0.39 is 0 Å². The predicted molar refractivity (Wildman–Crippen MR) is 86.4 cm³/mol. The maximum atomic E-state index is 12.1. The van der Waals surface area contributed by atoms with Crippen molar-refractivity contribution >= 4 is 60.8 Å². The van der Waals surface area contributed by atoms with E-state index in [2.05, 4.69) is 38.4 Å². The lowest BCUT2D eigenvalue weighted by atomic mass is 10.2. The van der Waals surface area contributed by atoms with Crippen LogP contribution in [0.2, 0.25) is 0 Å². The highest BCUT2D eigenvalue weighted by Crippen LogP contribution is 2.37. The Morgan fingerprint density at radius 2 is 2.05 bits per heavy atom. The van der Waals surface area contributed by atoms with Crippen molar-refractivity contribution in [3.05, 3.63) is 44.2 Å². The van der Waals surface area contributed by atoms with E-state index in [9.17, 15) is 14.7 Å². The van der Waals surface area contributed by atoms with Crippen LogP contribution in [0.5, 0.6) is 5.75 Å². The van der Waals surface area contributed by atoms with Gasteiger partial charge in [0.25, 0.3) is 11.1 Å². The van der Waals surface area contributed by atoms with Crippen LogP contribution in [-0.2, 0) is 4.79 Å². The van der Waals surface area contributed by atoms with E-state index in [0.29, 0.717) is 10.0 Å². The Bertz CT molecular complexity index is 643. The van der Waals surface area contributed by atoms with Gasteiger partial charge in [0.2, 0.25) is 0 Å². The summed E-state index contributed by atoms with van der Waals surface area (Å²) in [6, 6.07) is 3.36. The summed E-state index contributed by atoms with van der Waals surface area (Å²) in [5.41, 5.74) is 0.454. The molecule has 1 fully saturated rings. The van der Waals surface area contributed by atoms with Gasteiger partial charge >= 0.3 is 0 Å². The van der Waals surface area contributed by atoms with Crippen LogP contribution in [0.4, 0.5) is 4.79 Å². The molecule has 1 aliphatic heterocycles. The van der Waals surface area contributed by atoms with Crippen LogP contribution >= 0.6 is 43.6 Å². The number of amides is 2. The first-order chi connectivity index (χ1) is 9.43. The second-order valence-electron chi connectivity index (χ2n) is 3.91. The fraction of sp³-hybridized carbons (Fsp3) is 0.0769. The molecule has 1 aliphatic rings. The summed E-state index contributed by atoms with van der Waals surface area (Å²) in [6.07, 6.45) is 2.99. The summed E-state index contributed by atoms with van der Waals surface area (Å²) in [5.74, 6) is -0.362. The maximum absolute atomic E-state index is 12.1. The van der Waals surface area contributed by atoms with Crippen molar-refractivity contribution in [1.82, 2.24) is 4.90 Å². The van der Waals surface area contributed by atoms with Crippen LogP contribution in [0.25, 0.3) is 6.08 Å². The van der Waals surface area contributed by atoms with Crippen LogP contribution in [0.1, 0.15) is 5.56 Å². The highest BCUT2D eigenvalue weighted by Gasteiger charge is 2.34. The van der Waals surface area contributed by atoms with Crippen LogP contribution in [0.3, 0.4) is 0 Å². The lowest BCUT2D eigenvalue weighted by molar-refractivity contribution is -0.122. The monoisotopic (exact) mass is 417 g/mol. The SMILES string of the molecule is C=CCN1C(=O)S/C(=C/c2cc(Br)cc(Br)c2O)C1=O. The molecule has 0 unspecified atom stereocenters. The van der Waals surface area contributed by atoms with Crippen molar-refractivity contribution in [2.75, 3.05) is 6.54 Å². The normalized spacial score (nSPS) is 17.1. The minimum absolute atomic E-state index is 0.0173. The molecule has 20 heavy (non-hydrogen) atoms. The van der Waals surface area contributed by atoms with Gasteiger partial charge < -0.3 is 5.11 Å². The molecule has 0 spiro atoms. The first kappa shape index (κ1) is 15.3. The molecule has 0 radical (unpaired) electrons. The van der Waals surface area contributed by atoms with Gasteiger partial charge in [-0.25, -0.2) is 0 Å². The number of hydrogen-bond donors (Lipinski definition) is 1. The molecular formula is C13H9Br2NO3S. The molecule has 1 aromatic rings. The zero-order chi connectivity index (χ0) is 14.9. The van der Waals surface area contributed by atoms with Crippen molar-refractivity contribution in [2.45, 2.75) is 0 Å². The minimum Gasteiger partial charge on any atom is -0.506 e. The van der Waals surface area contributed by atoms with Gasteiger partial charge in [-0.3, -0.25) is 14.5 Å². The number of rotatable bonds is 3. The number of aromatic hydroxyl groups is 1. The topological polar surface area (TPSA) is 57.6 Å². The summed E-state index contributed by atoms with van der Waals surface area (Å²) in [7, 11) is 0. The van der Waals surface area contributed by atoms with Crippen molar-refractivity contribution in [3.63, 3.8) is 0 Å². The molecule has 1 aromatic carbocycles. The molecule has 1 heterocycles. The number of carbonyl (C=O) groups excluding carboxylic acids is 2. The Labute approximate surface area is 136 Å². The van der Waals surface area contributed by atoms with E-state index in [-0.39, 0.29) is 28.3 Å². The highest BCUT2D eigenvalue weighted by atomic mass is 79.9. The van der Waals surface area contributed by atoms with Gasteiger partial charge in [0.15, 0.2) is 0 Å². The van der Waals surface area contributed by atoms with E-state index in [4.69, 9.17) is 0 Å². The quantitative estimate of drug-likeness (QED) is 0.592. The van der Waals surface area contributed by atoms with Crippen LogP contribution in [0, 0.1) is 0 Å². The molecule has 0 bridgehead atoms. The molecule has 0 aliphatic carbocycles. The molecule has 104 valence electrons. The van der Waals surface area contributed by atoms with Gasteiger partial charge in [-0.2, -0.15) is 0 Å². The molecular weight excluding hydrogens is 410 g/mol. The number of imide groups is 1. The number of phenolic OH excluding ortho intramolecular Hbond substituents is 1. The first-order valence-corrected chi connectivity index (χ1v) is 7.88. The Morgan fingerprint density at radius 3 is 2.70 bits per heavy atom. The summed E-state index contributed by atoms with van der Waals surface area (Å²) < 4.78 is 1.25. The number of halogens is 2. The molecule has 2 rings (SSSR count). The molecule has 1 saturated heterocycles. The Kier molecular flexibility index (Phi) is 4.72.